The lowest BCUT2D eigenvalue weighted by Gasteiger charge is -2.33. The van der Waals surface area contributed by atoms with Crippen LogP contribution in [0.3, 0.4) is 0 Å². The zero-order chi connectivity index (χ0) is 37.1. The van der Waals surface area contributed by atoms with Crippen molar-refractivity contribution in [3.8, 4) is 0 Å². The van der Waals surface area contributed by atoms with Crippen LogP contribution in [-0.2, 0) is 23.1 Å². The van der Waals surface area contributed by atoms with Crippen LogP contribution in [-0.4, -0.2) is 71.8 Å². The Morgan fingerprint density at radius 2 is 0.760 bits per heavy atom. The molecule has 0 aliphatic heterocycles. The Morgan fingerprint density at radius 3 is 1.06 bits per heavy atom. The number of rotatable bonds is 41. The fourth-order valence-electron chi connectivity index (χ4n) is 6.26. The van der Waals surface area contributed by atoms with E-state index in [-0.39, 0.29) is 13.2 Å². The lowest BCUT2D eigenvalue weighted by molar-refractivity contribution is -0.870. The van der Waals surface area contributed by atoms with Gasteiger partial charge in [0.15, 0.2) is 0 Å². The number of likely N-dealkylation sites (N-methyl/N-ethyl adjacent to an activating group) is 1. The average Bonchev–Trinajstić information content (AvgIpc) is 3.06. The van der Waals surface area contributed by atoms with Crippen molar-refractivity contribution in [3.05, 3.63) is 0 Å². The molecule has 0 spiro atoms. The number of hydrogen-bond acceptors (Lipinski definition) is 6. The molecule has 0 fully saturated rings. The Bertz CT molecular complexity index is 710. The van der Waals surface area contributed by atoms with Gasteiger partial charge in [0, 0.05) is 18.6 Å². The van der Waals surface area contributed by atoms with Crippen molar-refractivity contribution in [2.45, 2.75) is 201 Å². The Kier molecular flexibility index (Phi) is 34.7. The summed E-state index contributed by atoms with van der Waals surface area (Å²) < 4.78 is 35.8. The van der Waals surface area contributed by atoms with Gasteiger partial charge in [0.1, 0.15) is 13.2 Å². The quantitative estimate of drug-likeness (QED) is 0.0269. The minimum Gasteiger partial charge on any atom is -0.756 e. The first kappa shape index (κ1) is 50.0. The first-order chi connectivity index (χ1) is 24.0. The molecule has 50 heavy (non-hydrogen) atoms. The summed E-state index contributed by atoms with van der Waals surface area (Å²) in [5.41, 5.74) is -0.560. The Labute approximate surface area is 312 Å². The van der Waals surface area contributed by atoms with Crippen LogP contribution < -0.4 is 4.89 Å². The van der Waals surface area contributed by atoms with Crippen molar-refractivity contribution in [3.63, 3.8) is 0 Å². The van der Waals surface area contributed by atoms with Gasteiger partial charge in [0.05, 0.1) is 41.0 Å². The first-order valence-electron chi connectivity index (χ1n) is 21.6. The molecule has 0 amide bonds. The molecule has 0 heterocycles. The highest BCUT2D eigenvalue weighted by Gasteiger charge is 2.28. The van der Waals surface area contributed by atoms with Gasteiger partial charge in [0.25, 0.3) is 7.82 Å². The predicted molar refractivity (Wildman–Crippen MR) is 213 cm³/mol. The summed E-state index contributed by atoms with van der Waals surface area (Å²) in [6.07, 6.45) is 37.3. The summed E-state index contributed by atoms with van der Waals surface area (Å²) in [6, 6.07) is 0. The summed E-state index contributed by atoms with van der Waals surface area (Å²) in [5, 5.41) is 0. The molecular formula is C42H88NO6P. The van der Waals surface area contributed by atoms with E-state index in [9.17, 15) is 9.46 Å². The summed E-state index contributed by atoms with van der Waals surface area (Å²) in [6.45, 7) is 9.41. The highest BCUT2D eigenvalue weighted by Crippen LogP contribution is 2.40. The summed E-state index contributed by atoms with van der Waals surface area (Å²) >= 11 is 0. The monoisotopic (exact) mass is 735 g/mol. The van der Waals surface area contributed by atoms with Crippen molar-refractivity contribution < 1.29 is 32.5 Å². The first-order valence-corrected chi connectivity index (χ1v) is 23.1. The van der Waals surface area contributed by atoms with E-state index in [1.54, 1.807) is 0 Å². The van der Waals surface area contributed by atoms with Gasteiger partial charge in [-0.2, -0.15) is 0 Å². The molecule has 0 bridgehead atoms. The molecule has 0 aliphatic rings. The lowest BCUT2D eigenvalue weighted by Crippen LogP contribution is -2.38. The Hall–Kier alpha value is -0.0100. The number of quaternary nitrogens is 1. The van der Waals surface area contributed by atoms with Crippen LogP contribution >= 0.6 is 7.82 Å². The molecule has 0 aromatic rings. The summed E-state index contributed by atoms with van der Waals surface area (Å²) in [4.78, 5) is 12.5. The van der Waals surface area contributed by atoms with Crippen molar-refractivity contribution in [1.29, 1.82) is 0 Å². The van der Waals surface area contributed by atoms with E-state index in [4.69, 9.17) is 18.5 Å². The van der Waals surface area contributed by atoms with Gasteiger partial charge in [-0.3, -0.25) is 4.57 Å². The van der Waals surface area contributed by atoms with Crippen LogP contribution in [0.1, 0.15) is 201 Å². The second-order valence-corrected chi connectivity index (χ2v) is 18.1. The van der Waals surface area contributed by atoms with E-state index in [0.29, 0.717) is 37.5 Å². The molecule has 7 nitrogen and oxygen atoms in total. The molecule has 0 N–H and O–H groups in total. The predicted octanol–water partition coefficient (Wildman–Crippen LogP) is 12.2. The molecule has 0 saturated heterocycles. The van der Waals surface area contributed by atoms with Crippen LogP contribution in [0.5, 0.6) is 0 Å². The van der Waals surface area contributed by atoms with Gasteiger partial charge in [-0.1, -0.05) is 188 Å². The number of hydrogen-bond donors (Lipinski definition) is 0. The molecule has 1 unspecified atom stereocenters. The van der Waals surface area contributed by atoms with Crippen LogP contribution in [0.4, 0.5) is 0 Å². The number of phosphoric ester groups is 1. The zero-order valence-corrected chi connectivity index (χ0v) is 35.5. The van der Waals surface area contributed by atoms with Gasteiger partial charge in [0.2, 0.25) is 0 Å². The normalized spacial score (nSPS) is 13.7. The molecule has 0 aliphatic carbocycles. The van der Waals surface area contributed by atoms with Gasteiger partial charge < -0.3 is 27.9 Å². The largest absolute Gasteiger partial charge is 0.756 e. The van der Waals surface area contributed by atoms with E-state index in [0.717, 1.165) is 12.8 Å². The Balaban J connectivity index is 4.22. The maximum atomic E-state index is 12.5. The van der Waals surface area contributed by atoms with Gasteiger partial charge in [-0.15, -0.1) is 0 Å². The molecule has 8 heteroatoms. The van der Waals surface area contributed by atoms with Gasteiger partial charge in [-0.25, -0.2) is 0 Å². The van der Waals surface area contributed by atoms with Crippen LogP contribution in [0.2, 0.25) is 0 Å². The number of nitrogens with zero attached hydrogens (tertiary/aromatic N) is 1. The number of phosphoric acid groups is 1. The second kappa shape index (κ2) is 34.7. The zero-order valence-electron chi connectivity index (χ0n) is 34.6. The molecule has 0 aromatic carbocycles. The molecule has 0 aromatic heterocycles. The highest BCUT2D eigenvalue weighted by atomic mass is 31.2. The fourth-order valence-corrected chi connectivity index (χ4v) is 7.11. The van der Waals surface area contributed by atoms with Crippen LogP contribution in [0.15, 0.2) is 0 Å². The average molecular weight is 735 g/mol. The summed E-state index contributed by atoms with van der Waals surface area (Å²) in [5.74, 6) is 0. The second-order valence-electron chi connectivity index (χ2n) is 16.7. The standard InChI is InChI=1S/C42H88NO6P/c1-7-9-11-13-15-17-19-21-23-25-27-29-31-33-36-46-39-42(3,41-49-50(44,45)48-38-35-43(4,5)6)40-47-37-34-32-30-28-26-24-22-20-18-16-14-12-10-8-2/h7-41H2,1-6H3/i38+1. The molecule has 0 radical (unpaired) electrons. The van der Waals surface area contributed by atoms with Gasteiger partial charge >= 0.3 is 0 Å². The molecular weight excluding hydrogens is 646 g/mol. The molecule has 302 valence electrons. The van der Waals surface area contributed by atoms with Crippen molar-refractivity contribution in [2.24, 2.45) is 5.41 Å². The van der Waals surface area contributed by atoms with Gasteiger partial charge in [-0.05, 0) is 12.8 Å². The minimum absolute atomic E-state index is 0.00433. The lowest BCUT2D eigenvalue weighted by atomic mass is 9.94. The number of unbranched alkanes of at least 4 members (excludes halogenated alkanes) is 26. The fraction of sp³-hybridized carbons (Fsp3) is 1.00. The smallest absolute Gasteiger partial charge is 0.268 e. The molecule has 1 atom stereocenters. The maximum absolute atomic E-state index is 12.5. The summed E-state index contributed by atoms with van der Waals surface area (Å²) in [7, 11) is 1.61. The van der Waals surface area contributed by atoms with E-state index in [2.05, 4.69) is 13.8 Å². The van der Waals surface area contributed by atoms with E-state index in [1.165, 1.54) is 167 Å². The van der Waals surface area contributed by atoms with Crippen LogP contribution in [0, 0.1) is 5.41 Å². The van der Waals surface area contributed by atoms with Crippen molar-refractivity contribution in [2.75, 3.05) is 67.3 Å². The molecule has 0 rings (SSSR count). The van der Waals surface area contributed by atoms with Crippen molar-refractivity contribution >= 4 is 7.82 Å². The van der Waals surface area contributed by atoms with E-state index < -0.39 is 13.2 Å². The van der Waals surface area contributed by atoms with Crippen LogP contribution in [0.25, 0.3) is 0 Å². The van der Waals surface area contributed by atoms with E-state index in [1.807, 2.05) is 28.1 Å². The highest BCUT2D eigenvalue weighted by molar-refractivity contribution is 7.45. The topological polar surface area (TPSA) is 77.1 Å². The van der Waals surface area contributed by atoms with Crippen molar-refractivity contribution in [1.82, 2.24) is 0 Å². The minimum atomic E-state index is -4.40. The molecule has 0 saturated carbocycles. The number of ether oxygens (including phenoxy) is 2. The third-order valence-corrected chi connectivity index (χ3v) is 10.7. The third kappa shape index (κ3) is 37.7. The van der Waals surface area contributed by atoms with E-state index >= 15 is 0 Å². The third-order valence-electron chi connectivity index (χ3n) is 9.77. The SMILES string of the molecule is CCCCCCCCCCCCCCCCOCC(C)(COCCCCCCCCCCCCCCCC)COP(=O)([O-])O[13CH2]C[N+](C)(C)C. The Morgan fingerprint density at radius 1 is 0.460 bits per heavy atom. The maximum Gasteiger partial charge on any atom is 0.268 e.